The lowest BCUT2D eigenvalue weighted by Gasteiger charge is -2.16. The van der Waals surface area contributed by atoms with Crippen LogP contribution in [0.3, 0.4) is 0 Å². The van der Waals surface area contributed by atoms with Gasteiger partial charge in [0.25, 0.3) is 0 Å². The van der Waals surface area contributed by atoms with Crippen molar-refractivity contribution in [3.63, 3.8) is 0 Å². The highest BCUT2D eigenvalue weighted by molar-refractivity contribution is 7.93. The normalized spacial score (nSPS) is 13.9. The second-order valence-electron chi connectivity index (χ2n) is 7.98. The van der Waals surface area contributed by atoms with E-state index in [1.165, 1.54) is 61.8 Å². The summed E-state index contributed by atoms with van der Waals surface area (Å²) in [4.78, 5) is 15.3. The quantitative estimate of drug-likeness (QED) is 0.397. The molecule has 36 heavy (non-hydrogen) atoms. The molecule has 0 spiro atoms. The number of aromatic nitrogens is 2. The van der Waals surface area contributed by atoms with E-state index in [9.17, 15) is 30.6 Å². The lowest BCUT2D eigenvalue weighted by molar-refractivity contribution is -0.174. The molecule has 4 rings (SSSR count). The maximum Gasteiger partial charge on any atom is 0.471 e. The fourth-order valence-electron chi connectivity index (χ4n) is 3.72. The van der Waals surface area contributed by atoms with Crippen molar-refractivity contribution >= 4 is 37.4 Å². The van der Waals surface area contributed by atoms with Gasteiger partial charge in [-0.1, -0.05) is 12.1 Å². The molecule has 1 amide bonds. The van der Waals surface area contributed by atoms with E-state index in [1.54, 1.807) is 29.9 Å². The molecule has 188 valence electrons. The Hall–Kier alpha value is -3.51. The summed E-state index contributed by atoms with van der Waals surface area (Å²) in [5.74, 6) is -2.07. The molecule has 12 heteroatoms. The zero-order valence-corrected chi connectivity index (χ0v) is 20.6. The summed E-state index contributed by atoms with van der Waals surface area (Å²) in [5.41, 5.74) is 0.984. The largest absolute Gasteiger partial charge is 0.471 e. The van der Waals surface area contributed by atoms with E-state index in [0.717, 1.165) is 0 Å². The first kappa shape index (κ1) is 25.6. The first-order valence-electron chi connectivity index (χ1n) is 10.5. The van der Waals surface area contributed by atoms with Gasteiger partial charge < -0.3 is 9.88 Å². The van der Waals surface area contributed by atoms with E-state index in [1.807, 2.05) is 5.32 Å². The molecule has 2 aromatic carbocycles. The molecule has 2 heterocycles. The Balaban J connectivity index is 1.75. The molecule has 2 unspecified atom stereocenters. The van der Waals surface area contributed by atoms with E-state index in [2.05, 4.69) is 4.98 Å². The number of alkyl halides is 3. The Morgan fingerprint density at radius 3 is 2.39 bits per heavy atom. The van der Waals surface area contributed by atoms with E-state index in [4.69, 9.17) is 0 Å². The van der Waals surface area contributed by atoms with Crippen molar-refractivity contribution in [2.24, 2.45) is 7.05 Å². The number of carbonyl (C=O) groups excluding carboxylic acids is 1. The average molecular weight is 536 g/mol. The Labute approximate surface area is 207 Å². The number of aryl methyl sites for hydroxylation is 1. The summed E-state index contributed by atoms with van der Waals surface area (Å²) in [5, 5.41) is 2.25. The number of hydrogen-bond donors (Lipinski definition) is 1. The van der Waals surface area contributed by atoms with Crippen LogP contribution >= 0.6 is 0 Å². The predicted molar refractivity (Wildman–Crippen MR) is 126 cm³/mol. The van der Waals surface area contributed by atoms with Crippen LogP contribution in [0.4, 0.5) is 13.2 Å². The van der Waals surface area contributed by atoms with Crippen LogP contribution in [0, 0.1) is 0 Å². The molecule has 0 saturated heterocycles. The summed E-state index contributed by atoms with van der Waals surface area (Å²) in [6, 6.07) is 12.5. The van der Waals surface area contributed by atoms with E-state index < -0.39 is 38.8 Å². The van der Waals surface area contributed by atoms with Crippen molar-refractivity contribution in [3.8, 4) is 0 Å². The molecule has 2 aromatic heterocycles. The number of carbonyl (C=O) groups is 1. The molecular weight excluding hydrogens is 515 g/mol. The topological polar surface area (TPSA) is 98.1 Å². The second-order valence-corrected chi connectivity index (χ2v) is 11.3. The number of pyridine rings is 1. The van der Waals surface area contributed by atoms with Gasteiger partial charge in [0.15, 0.2) is 0 Å². The van der Waals surface area contributed by atoms with Crippen molar-refractivity contribution in [2.45, 2.75) is 38.7 Å². The van der Waals surface area contributed by atoms with Crippen LogP contribution < -0.4 is 5.32 Å². The highest BCUT2D eigenvalue weighted by Gasteiger charge is 2.39. The molecule has 0 aliphatic rings. The van der Waals surface area contributed by atoms with Crippen molar-refractivity contribution in [3.05, 3.63) is 78.8 Å². The van der Waals surface area contributed by atoms with Gasteiger partial charge in [-0.3, -0.25) is 9.78 Å². The van der Waals surface area contributed by atoms with Crippen LogP contribution in [0.25, 0.3) is 10.9 Å². The molecule has 7 nitrogen and oxygen atoms in total. The Morgan fingerprint density at radius 1 is 1.08 bits per heavy atom. The first-order chi connectivity index (χ1) is 16.9. The van der Waals surface area contributed by atoms with Crippen LogP contribution in [0.15, 0.2) is 92.8 Å². The number of fused-ring (bicyclic) bond motifs is 1. The first-order valence-corrected chi connectivity index (χ1v) is 13.2. The Kier molecular flexibility index (Phi) is 6.76. The fraction of sp³-hybridized carbons (Fsp3) is 0.167. The molecule has 0 fully saturated rings. The molecule has 0 aliphatic carbocycles. The standard InChI is InChI=1S/C24H20F3N3O4S2/c1-15(29-23(31)24(25,26)27)16-5-7-17(8-6-16)35(32)21-10-9-20-19(11-13-30(20)2)22(21)36(33,34)18-4-3-12-28-14-18/h3-15H,1-2H3,(H,29,31). The lowest BCUT2D eigenvalue weighted by atomic mass is 10.1. The van der Waals surface area contributed by atoms with Gasteiger partial charge in [0.05, 0.1) is 31.5 Å². The number of nitrogens with one attached hydrogen (secondary N) is 1. The van der Waals surface area contributed by atoms with Crippen LogP contribution in [0.5, 0.6) is 0 Å². The monoisotopic (exact) mass is 535 g/mol. The molecule has 4 aromatic rings. The molecule has 2 atom stereocenters. The number of sulfone groups is 1. The lowest BCUT2D eigenvalue weighted by Crippen LogP contribution is -2.38. The maximum atomic E-state index is 13.6. The van der Waals surface area contributed by atoms with Gasteiger partial charge in [0, 0.05) is 41.4 Å². The van der Waals surface area contributed by atoms with Crippen molar-refractivity contribution in [1.82, 2.24) is 14.9 Å². The van der Waals surface area contributed by atoms with E-state index in [0.29, 0.717) is 16.5 Å². The molecular formula is C24H20F3N3O4S2. The summed E-state index contributed by atoms with van der Waals surface area (Å²) in [6.45, 7) is 1.39. The maximum absolute atomic E-state index is 13.6. The van der Waals surface area contributed by atoms with Crippen molar-refractivity contribution in [1.29, 1.82) is 0 Å². The molecule has 1 N–H and O–H groups in total. The highest BCUT2D eigenvalue weighted by Crippen LogP contribution is 2.35. The summed E-state index contributed by atoms with van der Waals surface area (Å²) < 4.78 is 80.2. The molecule has 0 aliphatic heterocycles. The van der Waals surface area contributed by atoms with Crippen molar-refractivity contribution < 1.29 is 30.6 Å². The summed E-state index contributed by atoms with van der Waals surface area (Å²) in [7, 11) is -4.29. The van der Waals surface area contributed by atoms with Gasteiger partial charge in [0.1, 0.15) is 0 Å². The second kappa shape index (κ2) is 9.51. The van der Waals surface area contributed by atoms with E-state index >= 15 is 0 Å². The number of nitrogens with zero attached hydrogens (tertiary/aromatic N) is 2. The van der Waals surface area contributed by atoms with Crippen LogP contribution in [-0.2, 0) is 32.5 Å². The van der Waals surface area contributed by atoms with E-state index in [-0.39, 0.29) is 19.6 Å². The molecule has 0 saturated carbocycles. The van der Waals surface area contributed by atoms with Gasteiger partial charge in [-0.05, 0) is 55.0 Å². The van der Waals surface area contributed by atoms with Gasteiger partial charge in [0.2, 0.25) is 9.84 Å². The van der Waals surface area contributed by atoms with Gasteiger partial charge in [-0.2, -0.15) is 13.2 Å². The minimum Gasteiger partial charge on any atom is -0.351 e. The minimum atomic E-state index is -5.01. The fourth-order valence-corrected chi connectivity index (χ4v) is 6.87. The number of rotatable bonds is 6. The number of amides is 1. The van der Waals surface area contributed by atoms with Gasteiger partial charge in [-0.25, -0.2) is 12.6 Å². The van der Waals surface area contributed by atoms with Crippen LogP contribution in [0.1, 0.15) is 18.5 Å². The third kappa shape index (κ3) is 4.78. The number of halogens is 3. The predicted octanol–water partition coefficient (Wildman–Crippen LogP) is 4.31. The number of benzene rings is 2. The average Bonchev–Trinajstić information content (AvgIpc) is 3.23. The smallest absolute Gasteiger partial charge is 0.351 e. The van der Waals surface area contributed by atoms with Gasteiger partial charge in [-0.15, -0.1) is 0 Å². The summed E-state index contributed by atoms with van der Waals surface area (Å²) in [6.07, 6.45) is -0.650. The highest BCUT2D eigenvalue weighted by atomic mass is 32.2. The SMILES string of the molecule is CC(NC(=O)C(F)(F)F)c1ccc(S(=O)c2ccc3c(ccn3C)c2S(=O)(=O)c2cccnc2)cc1. The Bertz CT molecular complexity index is 1570. The Morgan fingerprint density at radius 2 is 1.78 bits per heavy atom. The molecule has 0 bridgehead atoms. The van der Waals surface area contributed by atoms with Crippen LogP contribution in [-0.4, -0.2) is 34.3 Å². The van der Waals surface area contributed by atoms with Crippen LogP contribution in [0.2, 0.25) is 0 Å². The third-order valence-electron chi connectivity index (χ3n) is 5.59. The third-order valence-corrected chi connectivity index (χ3v) is 9.00. The summed E-state index contributed by atoms with van der Waals surface area (Å²) >= 11 is 0. The van der Waals surface area contributed by atoms with Crippen molar-refractivity contribution in [2.75, 3.05) is 0 Å². The zero-order valence-electron chi connectivity index (χ0n) is 19.0. The zero-order chi connectivity index (χ0) is 26.3. The minimum absolute atomic E-state index is 0.0517. The molecule has 0 radical (unpaired) electrons. The van der Waals surface area contributed by atoms with Gasteiger partial charge >= 0.3 is 12.1 Å². The number of hydrogen-bond acceptors (Lipinski definition) is 5.